The number of hydrogen-bond acceptors (Lipinski definition) is 5. The number of benzene rings is 2. The quantitative estimate of drug-likeness (QED) is 0.265. The molecule has 3 rings (SSSR count). The maximum atomic E-state index is 12.7. The Morgan fingerprint density at radius 1 is 0.719 bits per heavy atom. The molecule has 0 bridgehead atoms. The van der Waals surface area contributed by atoms with Crippen LogP contribution in [0.3, 0.4) is 0 Å². The highest BCUT2D eigenvalue weighted by molar-refractivity contribution is 7.99. The van der Waals surface area contributed by atoms with Gasteiger partial charge in [0.1, 0.15) is 0 Å². The van der Waals surface area contributed by atoms with Crippen LogP contribution in [0.2, 0.25) is 0 Å². The summed E-state index contributed by atoms with van der Waals surface area (Å²) in [5, 5.41) is 0. The van der Waals surface area contributed by atoms with Gasteiger partial charge in [0.2, 0.25) is 0 Å². The average molecular weight is 453 g/mol. The molecule has 0 atom stereocenters. The Kier molecular flexibility index (Phi) is 9.09. The molecule has 0 fully saturated rings. The lowest BCUT2D eigenvalue weighted by molar-refractivity contribution is 0.0970. The van der Waals surface area contributed by atoms with Gasteiger partial charge in [-0.2, -0.15) is 0 Å². The van der Waals surface area contributed by atoms with Crippen LogP contribution in [-0.2, 0) is 6.42 Å². The molecule has 0 saturated carbocycles. The summed E-state index contributed by atoms with van der Waals surface area (Å²) in [6.45, 7) is 2.03. The van der Waals surface area contributed by atoms with E-state index in [0.717, 1.165) is 56.3 Å². The first kappa shape index (κ1) is 24.7. The Balaban J connectivity index is 1.62. The predicted molar refractivity (Wildman–Crippen MR) is 133 cm³/mol. The summed E-state index contributed by atoms with van der Waals surface area (Å²) in [5.74, 6) is 0.452. The molecule has 0 radical (unpaired) electrons. The van der Waals surface area contributed by atoms with E-state index >= 15 is 0 Å². The smallest absolute Gasteiger partial charge is 0.162 e. The zero-order chi connectivity index (χ0) is 23.1. The minimum atomic E-state index is 0.226. The van der Waals surface area contributed by atoms with Crippen LogP contribution in [0, 0.1) is 0 Å². The fraction of sp³-hybridized carbons (Fsp3) is 0.481. The van der Waals surface area contributed by atoms with E-state index in [1.54, 1.807) is 11.8 Å². The van der Waals surface area contributed by atoms with Crippen molar-refractivity contribution in [3.8, 4) is 0 Å². The molecule has 2 aromatic carbocycles. The largest absolute Gasteiger partial charge is 0.309 e. The van der Waals surface area contributed by atoms with Crippen molar-refractivity contribution < 1.29 is 9.59 Å². The first-order valence-corrected chi connectivity index (χ1v) is 12.4. The van der Waals surface area contributed by atoms with E-state index in [-0.39, 0.29) is 11.6 Å². The third kappa shape index (κ3) is 7.03. The Hall–Kier alpha value is -1.95. The lowest BCUT2D eigenvalue weighted by Crippen LogP contribution is -2.13. The monoisotopic (exact) mass is 452 g/mol. The highest BCUT2D eigenvalue weighted by Crippen LogP contribution is 2.40. The minimum absolute atomic E-state index is 0.226. The van der Waals surface area contributed by atoms with Crippen LogP contribution in [0.5, 0.6) is 0 Å². The third-order valence-electron chi connectivity index (χ3n) is 5.88. The molecule has 0 saturated heterocycles. The molecule has 0 spiro atoms. The second-order valence-electron chi connectivity index (χ2n) is 9.29. The van der Waals surface area contributed by atoms with Gasteiger partial charge < -0.3 is 9.80 Å². The molecule has 0 aliphatic carbocycles. The van der Waals surface area contributed by atoms with Gasteiger partial charge in [0.05, 0.1) is 0 Å². The Labute approximate surface area is 197 Å². The van der Waals surface area contributed by atoms with Crippen molar-refractivity contribution in [2.45, 2.75) is 54.7 Å². The lowest BCUT2D eigenvalue weighted by atomic mass is 9.96. The summed E-state index contributed by atoms with van der Waals surface area (Å²) in [4.78, 5) is 32.1. The fourth-order valence-corrected chi connectivity index (χ4v) is 5.05. The van der Waals surface area contributed by atoms with E-state index in [1.807, 2.05) is 12.1 Å². The van der Waals surface area contributed by atoms with Gasteiger partial charge in [0.25, 0.3) is 0 Å². The van der Waals surface area contributed by atoms with E-state index in [2.05, 4.69) is 62.3 Å². The third-order valence-corrected chi connectivity index (χ3v) is 7.12. The van der Waals surface area contributed by atoms with Crippen LogP contribution >= 0.6 is 11.8 Å². The van der Waals surface area contributed by atoms with Crippen molar-refractivity contribution in [1.82, 2.24) is 9.80 Å². The van der Waals surface area contributed by atoms with Crippen molar-refractivity contribution in [3.63, 3.8) is 0 Å². The number of unbranched alkanes of at least 4 members (excludes halogenated alkanes) is 2. The SMILES string of the molecule is CN(C)CCCCC(=O)c1ccc2c(c1)Cc1cc(C(=O)CCCCN(C)C)ccc1S2. The highest BCUT2D eigenvalue weighted by atomic mass is 32.2. The van der Waals surface area contributed by atoms with Gasteiger partial charge in [-0.25, -0.2) is 0 Å². The summed E-state index contributed by atoms with van der Waals surface area (Å²) >= 11 is 1.74. The summed E-state index contributed by atoms with van der Waals surface area (Å²) in [7, 11) is 8.24. The number of Topliss-reactive ketones (excluding diaryl/α,β-unsaturated/α-hetero) is 2. The van der Waals surface area contributed by atoms with E-state index in [4.69, 9.17) is 0 Å². The molecule has 1 aliphatic rings. The van der Waals surface area contributed by atoms with Crippen molar-refractivity contribution in [2.24, 2.45) is 0 Å². The topological polar surface area (TPSA) is 40.6 Å². The van der Waals surface area contributed by atoms with Crippen LogP contribution in [0.4, 0.5) is 0 Å². The van der Waals surface area contributed by atoms with Crippen LogP contribution in [0.25, 0.3) is 0 Å². The maximum absolute atomic E-state index is 12.7. The van der Waals surface area contributed by atoms with Crippen LogP contribution in [0.15, 0.2) is 46.2 Å². The molecule has 1 heterocycles. The minimum Gasteiger partial charge on any atom is -0.309 e. The molecule has 0 unspecified atom stereocenters. The molecule has 2 aromatic rings. The van der Waals surface area contributed by atoms with Gasteiger partial charge in [-0.3, -0.25) is 9.59 Å². The van der Waals surface area contributed by atoms with Gasteiger partial charge >= 0.3 is 0 Å². The number of carbonyl (C=O) groups excluding carboxylic acids is 2. The Morgan fingerprint density at radius 2 is 1.16 bits per heavy atom. The molecule has 172 valence electrons. The standard InChI is InChI=1S/C27H36N2O2S/c1-28(2)15-7-5-9-24(30)20-11-13-26-22(17-20)19-23-18-21(12-14-27(23)32-26)25(31)10-6-8-16-29(3)4/h11-14,17-18H,5-10,15-16,19H2,1-4H3. The molecule has 0 amide bonds. The van der Waals surface area contributed by atoms with E-state index in [1.165, 1.54) is 20.9 Å². The van der Waals surface area contributed by atoms with E-state index < -0.39 is 0 Å². The molecule has 1 aliphatic heterocycles. The lowest BCUT2D eigenvalue weighted by Gasteiger charge is -2.20. The summed E-state index contributed by atoms with van der Waals surface area (Å²) in [5.41, 5.74) is 4.01. The Morgan fingerprint density at radius 3 is 1.56 bits per heavy atom. The summed E-state index contributed by atoms with van der Waals surface area (Å²) in [6.07, 6.45) is 5.90. The Bertz CT molecular complexity index is 877. The second-order valence-corrected chi connectivity index (χ2v) is 10.4. The molecule has 0 aromatic heterocycles. The van der Waals surface area contributed by atoms with E-state index in [9.17, 15) is 9.59 Å². The van der Waals surface area contributed by atoms with Crippen molar-refractivity contribution >= 4 is 23.3 Å². The maximum Gasteiger partial charge on any atom is 0.162 e. The van der Waals surface area contributed by atoms with E-state index in [0.29, 0.717) is 12.8 Å². The fourth-order valence-electron chi connectivity index (χ4n) is 4.02. The van der Waals surface area contributed by atoms with Crippen molar-refractivity contribution in [2.75, 3.05) is 41.3 Å². The molecule has 0 N–H and O–H groups in total. The average Bonchev–Trinajstić information content (AvgIpc) is 2.76. The number of nitrogens with zero attached hydrogens (tertiary/aromatic N) is 2. The predicted octanol–water partition coefficient (Wildman–Crippen LogP) is 5.57. The normalized spacial score (nSPS) is 12.7. The number of carbonyl (C=O) groups is 2. The molecule has 32 heavy (non-hydrogen) atoms. The first-order chi connectivity index (χ1) is 15.3. The zero-order valence-electron chi connectivity index (χ0n) is 19.9. The molecule has 5 heteroatoms. The molecular weight excluding hydrogens is 416 g/mol. The van der Waals surface area contributed by atoms with Crippen LogP contribution < -0.4 is 0 Å². The number of rotatable bonds is 12. The van der Waals surface area contributed by atoms with Gasteiger partial charge in [-0.1, -0.05) is 23.9 Å². The summed E-state index contributed by atoms with van der Waals surface area (Å²) in [6, 6.07) is 12.2. The second kappa shape index (κ2) is 11.8. The van der Waals surface area contributed by atoms with Crippen LogP contribution in [-0.4, -0.2) is 62.6 Å². The highest BCUT2D eigenvalue weighted by Gasteiger charge is 2.19. The molecule has 4 nitrogen and oxygen atoms in total. The number of fused-ring (bicyclic) bond motifs is 2. The van der Waals surface area contributed by atoms with Crippen molar-refractivity contribution in [3.05, 3.63) is 58.7 Å². The zero-order valence-corrected chi connectivity index (χ0v) is 20.8. The first-order valence-electron chi connectivity index (χ1n) is 11.6. The number of ketones is 2. The number of hydrogen-bond donors (Lipinski definition) is 0. The molecular formula is C27H36N2O2S. The van der Waals surface area contributed by atoms with Gasteiger partial charge in [-0.05, 0) is 109 Å². The van der Waals surface area contributed by atoms with Gasteiger partial charge in [0, 0.05) is 33.8 Å². The van der Waals surface area contributed by atoms with Crippen LogP contribution in [0.1, 0.15) is 70.4 Å². The van der Waals surface area contributed by atoms with Gasteiger partial charge in [0.15, 0.2) is 11.6 Å². The van der Waals surface area contributed by atoms with Crippen molar-refractivity contribution in [1.29, 1.82) is 0 Å². The summed E-state index contributed by atoms with van der Waals surface area (Å²) < 4.78 is 0. The van der Waals surface area contributed by atoms with Gasteiger partial charge in [-0.15, -0.1) is 0 Å².